The molecule has 1 amide bonds. The Hall–Kier alpha value is -2.06. The van der Waals surface area contributed by atoms with Crippen molar-refractivity contribution in [2.24, 2.45) is 4.99 Å². The van der Waals surface area contributed by atoms with E-state index in [-0.39, 0.29) is 11.7 Å². The Morgan fingerprint density at radius 1 is 1.30 bits per heavy atom. The monoisotopic (exact) mass is 448 g/mol. The molecule has 1 aliphatic heterocycles. The number of aliphatic imine (C=N–C) groups is 1. The lowest BCUT2D eigenvalue weighted by molar-refractivity contribution is -0.131. The molecule has 1 aliphatic rings. The van der Waals surface area contributed by atoms with Gasteiger partial charge in [0, 0.05) is 43.2 Å². The van der Waals surface area contributed by atoms with Gasteiger partial charge in [-0.25, -0.2) is 9.38 Å². The zero-order valence-electron chi connectivity index (χ0n) is 17.5. The molecule has 1 aromatic carbocycles. The fourth-order valence-electron chi connectivity index (χ4n) is 3.45. The van der Waals surface area contributed by atoms with Crippen LogP contribution in [0.2, 0.25) is 0 Å². The second-order valence-electron chi connectivity index (χ2n) is 7.15. The summed E-state index contributed by atoms with van der Waals surface area (Å²) in [4.78, 5) is 20.6. The van der Waals surface area contributed by atoms with Crippen LogP contribution in [0, 0.1) is 5.82 Å². The van der Waals surface area contributed by atoms with Gasteiger partial charge in [0.2, 0.25) is 5.91 Å². The van der Waals surface area contributed by atoms with Crippen molar-refractivity contribution in [2.75, 3.05) is 25.9 Å². The van der Waals surface area contributed by atoms with Crippen LogP contribution in [0.5, 0.6) is 0 Å². The summed E-state index contributed by atoms with van der Waals surface area (Å²) in [5.41, 5.74) is 3.26. The molecule has 0 fully saturated rings. The highest BCUT2D eigenvalue weighted by Crippen LogP contribution is 2.24. The fraction of sp³-hybridized carbons (Fsp3) is 0.455. The minimum atomic E-state index is -0.220. The minimum Gasteiger partial charge on any atom is -0.357 e. The van der Waals surface area contributed by atoms with Gasteiger partial charge in [-0.3, -0.25) is 4.79 Å². The van der Waals surface area contributed by atoms with Crippen molar-refractivity contribution in [3.8, 4) is 0 Å². The zero-order chi connectivity index (χ0) is 21.3. The van der Waals surface area contributed by atoms with Crippen molar-refractivity contribution in [2.45, 2.75) is 38.6 Å². The average molecular weight is 449 g/mol. The molecule has 162 valence electrons. The minimum absolute atomic E-state index is 0.163. The summed E-state index contributed by atoms with van der Waals surface area (Å²) < 4.78 is 13.5. The van der Waals surface area contributed by atoms with E-state index in [1.165, 1.54) is 16.5 Å². The van der Waals surface area contributed by atoms with E-state index < -0.39 is 0 Å². The first-order valence-corrected chi connectivity index (χ1v) is 12.5. The van der Waals surface area contributed by atoms with Crippen LogP contribution in [0.25, 0.3) is 0 Å². The van der Waals surface area contributed by atoms with Crippen molar-refractivity contribution in [1.82, 2.24) is 15.5 Å². The topological polar surface area (TPSA) is 56.7 Å². The highest BCUT2D eigenvalue weighted by atomic mass is 32.2. The number of guanidine groups is 1. The number of amides is 1. The van der Waals surface area contributed by atoms with Gasteiger partial charge in [0.1, 0.15) is 5.82 Å². The average Bonchev–Trinajstić information content (AvgIpc) is 3.21. The number of rotatable bonds is 8. The number of halogens is 1. The lowest BCUT2D eigenvalue weighted by atomic mass is 10.1. The van der Waals surface area contributed by atoms with Crippen LogP contribution in [0.1, 0.15) is 34.9 Å². The van der Waals surface area contributed by atoms with E-state index in [0.29, 0.717) is 32.0 Å². The third-order valence-electron chi connectivity index (χ3n) is 5.01. The SMILES string of the molecule is CCNC(=NCc1ccc(F)cc1CSC)NCCC(=O)N1CCc2sccc2C1. The maximum absolute atomic E-state index is 13.5. The van der Waals surface area contributed by atoms with Crippen molar-refractivity contribution < 1.29 is 9.18 Å². The lowest BCUT2D eigenvalue weighted by Gasteiger charge is -2.27. The molecule has 0 unspecified atom stereocenters. The summed E-state index contributed by atoms with van der Waals surface area (Å²) in [6.07, 6.45) is 3.38. The van der Waals surface area contributed by atoms with E-state index in [2.05, 4.69) is 27.1 Å². The summed E-state index contributed by atoms with van der Waals surface area (Å²) in [6, 6.07) is 6.98. The number of nitrogens with zero attached hydrogens (tertiary/aromatic N) is 2. The molecule has 0 atom stereocenters. The second-order valence-corrected chi connectivity index (χ2v) is 9.02. The van der Waals surface area contributed by atoms with Crippen LogP contribution >= 0.6 is 23.1 Å². The molecule has 8 heteroatoms. The van der Waals surface area contributed by atoms with E-state index in [1.54, 1.807) is 35.2 Å². The third-order valence-corrected chi connectivity index (χ3v) is 6.63. The molecule has 30 heavy (non-hydrogen) atoms. The molecule has 1 aromatic heterocycles. The molecular weight excluding hydrogens is 419 g/mol. The summed E-state index contributed by atoms with van der Waals surface area (Å²) >= 11 is 3.44. The van der Waals surface area contributed by atoms with Gasteiger partial charge >= 0.3 is 0 Å². The molecule has 0 saturated carbocycles. The van der Waals surface area contributed by atoms with Gasteiger partial charge in [-0.05, 0) is 59.9 Å². The highest BCUT2D eigenvalue weighted by molar-refractivity contribution is 7.97. The number of fused-ring (bicyclic) bond motifs is 1. The molecule has 2 heterocycles. The molecule has 0 radical (unpaired) electrons. The summed E-state index contributed by atoms with van der Waals surface area (Å²) in [5.74, 6) is 1.37. The summed E-state index contributed by atoms with van der Waals surface area (Å²) in [6.45, 7) is 5.24. The maximum Gasteiger partial charge on any atom is 0.224 e. The maximum atomic E-state index is 13.5. The van der Waals surface area contributed by atoms with E-state index in [0.717, 1.165) is 36.4 Å². The standard InChI is InChI=1S/C22H29FN4OS2/c1-3-24-22(26-13-16-4-5-19(23)12-18(16)15-29-2)25-9-6-21(28)27-10-7-20-17(14-27)8-11-30-20/h4-5,8,11-12H,3,6-7,9-10,13-15H2,1-2H3,(H2,24,25,26). The Morgan fingerprint density at radius 2 is 2.17 bits per heavy atom. The molecule has 2 aromatic rings. The summed E-state index contributed by atoms with van der Waals surface area (Å²) in [5, 5.41) is 8.57. The Balaban J connectivity index is 1.52. The number of nitrogens with one attached hydrogen (secondary N) is 2. The Kier molecular flexibility index (Phi) is 8.57. The van der Waals surface area contributed by atoms with Gasteiger partial charge in [-0.1, -0.05) is 6.07 Å². The van der Waals surface area contributed by atoms with Crippen LogP contribution in [0.15, 0.2) is 34.6 Å². The predicted molar refractivity (Wildman–Crippen MR) is 124 cm³/mol. The van der Waals surface area contributed by atoms with Crippen LogP contribution in [0.4, 0.5) is 4.39 Å². The molecule has 5 nitrogen and oxygen atoms in total. The van der Waals surface area contributed by atoms with Crippen LogP contribution in [-0.2, 0) is 30.1 Å². The molecule has 3 rings (SSSR count). The van der Waals surface area contributed by atoms with Crippen molar-refractivity contribution >= 4 is 35.0 Å². The molecule has 2 N–H and O–H groups in total. The zero-order valence-corrected chi connectivity index (χ0v) is 19.2. The second kappa shape index (κ2) is 11.4. The number of benzene rings is 1. The smallest absolute Gasteiger partial charge is 0.224 e. The van der Waals surface area contributed by atoms with Crippen molar-refractivity contribution in [3.63, 3.8) is 0 Å². The van der Waals surface area contributed by atoms with Gasteiger partial charge in [0.05, 0.1) is 6.54 Å². The number of thiophene rings is 1. The number of hydrogen-bond acceptors (Lipinski definition) is 4. The van der Waals surface area contributed by atoms with Gasteiger partial charge in [0.15, 0.2) is 5.96 Å². The highest BCUT2D eigenvalue weighted by Gasteiger charge is 2.21. The first-order valence-electron chi connectivity index (χ1n) is 10.2. The van der Waals surface area contributed by atoms with E-state index in [4.69, 9.17) is 0 Å². The molecule has 0 aliphatic carbocycles. The van der Waals surface area contributed by atoms with Crippen LogP contribution < -0.4 is 10.6 Å². The fourth-order valence-corrected chi connectivity index (χ4v) is 4.92. The van der Waals surface area contributed by atoms with Crippen molar-refractivity contribution in [1.29, 1.82) is 0 Å². The van der Waals surface area contributed by atoms with Gasteiger partial charge < -0.3 is 15.5 Å². The van der Waals surface area contributed by atoms with Gasteiger partial charge in [-0.2, -0.15) is 11.8 Å². The molecular formula is C22H29FN4OS2. The van der Waals surface area contributed by atoms with Crippen LogP contribution in [-0.4, -0.2) is 42.7 Å². The first kappa shape index (κ1) is 22.6. The van der Waals surface area contributed by atoms with Crippen LogP contribution in [0.3, 0.4) is 0 Å². The number of carbonyl (C=O) groups is 1. The van der Waals surface area contributed by atoms with E-state index in [1.807, 2.05) is 18.1 Å². The van der Waals surface area contributed by atoms with E-state index in [9.17, 15) is 9.18 Å². The van der Waals surface area contributed by atoms with E-state index >= 15 is 0 Å². The summed E-state index contributed by atoms with van der Waals surface area (Å²) in [7, 11) is 0. The number of carbonyl (C=O) groups excluding carboxylic acids is 1. The molecule has 0 spiro atoms. The van der Waals surface area contributed by atoms with Crippen molar-refractivity contribution in [3.05, 3.63) is 57.0 Å². The first-order chi connectivity index (χ1) is 14.6. The molecule has 0 bridgehead atoms. The Labute approximate surface area is 186 Å². The molecule has 0 saturated heterocycles. The number of thioether (sulfide) groups is 1. The predicted octanol–water partition coefficient (Wildman–Crippen LogP) is 3.78. The lowest BCUT2D eigenvalue weighted by Crippen LogP contribution is -2.41. The quantitative estimate of drug-likeness (QED) is 0.477. The number of hydrogen-bond donors (Lipinski definition) is 2. The Bertz CT molecular complexity index is 884. The Morgan fingerprint density at radius 3 is 2.97 bits per heavy atom. The normalized spacial score (nSPS) is 13.8. The largest absolute Gasteiger partial charge is 0.357 e. The van der Waals surface area contributed by atoms with Gasteiger partial charge in [-0.15, -0.1) is 11.3 Å². The third kappa shape index (κ3) is 6.22. The van der Waals surface area contributed by atoms with Gasteiger partial charge in [0.25, 0.3) is 0 Å².